The molecule has 0 amide bonds. The van der Waals surface area contributed by atoms with Gasteiger partial charge in [-0.05, 0) is 49.4 Å². The molecule has 0 unspecified atom stereocenters. The summed E-state index contributed by atoms with van der Waals surface area (Å²) in [4.78, 5) is 5.45. The summed E-state index contributed by atoms with van der Waals surface area (Å²) in [5.74, 6) is 1.47. The van der Waals surface area contributed by atoms with Gasteiger partial charge in [0, 0.05) is 5.92 Å². The van der Waals surface area contributed by atoms with Gasteiger partial charge in [0.05, 0.1) is 10.6 Å². The molecule has 0 atom stereocenters. The lowest BCUT2D eigenvalue weighted by atomic mass is 10.2. The Morgan fingerprint density at radius 1 is 1.35 bits per heavy atom. The Hall–Kier alpha value is -1.03. The second-order valence-electron chi connectivity index (χ2n) is 4.04. The van der Waals surface area contributed by atoms with E-state index in [4.69, 9.17) is 0 Å². The van der Waals surface area contributed by atoms with Crippen molar-refractivity contribution in [3.05, 3.63) is 23.5 Å². The molecule has 1 saturated carbocycles. The van der Waals surface area contributed by atoms with Gasteiger partial charge < -0.3 is 4.72 Å². The Labute approximate surface area is 106 Å². The van der Waals surface area contributed by atoms with Crippen LogP contribution in [0.3, 0.4) is 0 Å². The van der Waals surface area contributed by atoms with E-state index in [0.29, 0.717) is 5.92 Å². The van der Waals surface area contributed by atoms with Crippen LogP contribution < -0.4 is 4.72 Å². The molecule has 1 aromatic rings. The van der Waals surface area contributed by atoms with Crippen LogP contribution in [-0.4, -0.2) is 5.84 Å². The maximum absolute atomic E-state index is 13.1. The number of nitrogens with zero attached hydrogens (tertiary/aromatic N) is 1. The van der Waals surface area contributed by atoms with Crippen molar-refractivity contribution in [3.8, 4) is 0 Å². The van der Waals surface area contributed by atoms with Gasteiger partial charge in [-0.2, -0.15) is 0 Å². The molecular formula is C13H17FN2S. The van der Waals surface area contributed by atoms with Crippen molar-refractivity contribution in [1.82, 2.24) is 4.72 Å². The van der Waals surface area contributed by atoms with Gasteiger partial charge in [-0.1, -0.05) is 13.8 Å². The van der Waals surface area contributed by atoms with E-state index in [-0.39, 0.29) is 5.82 Å². The highest BCUT2D eigenvalue weighted by Gasteiger charge is 2.30. The van der Waals surface area contributed by atoms with Gasteiger partial charge in [0.2, 0.25) is 0 Å². The van der Waals surface area contributed by atoms with E-state index < -0.39 is 0 Å². The van der Waals surface area contributed by atoms with Crippen molar-refractivity contribution in [2.45, 2.75) is 38.5 Å². The molecule has 2 aliphatic rings. The molecule has 4 heteroatoms. The SMILES string of the molecule is CC.Cc1cc(F)cc2c1N=C(C1CC1)NS2. The van der Waals surface area contributed by atoms with Crippen molar-refractivity contribution >= 4 is 23.5 Å². The third-order valence-corrected chi connectivity index (χ3v) is 3.53. The highest BCUT2D eigenvalue weighted by molar-refractivity contribution is 7.98. The van der Waals surface area contributed by atoms with Gasteiger partial charge in [0.15, 0.2) is 0 Å². The monoisotopic (exact) mass is 252 g/mol. The maximum Gasteiger partial charge on any atom is 0.124 e. The number of hydrogen-bond donors (Lipinski definition) is 1. The first-order valence-corrected chi connectivity index (χ1v) is 6.87. The topological polar surface area (TPSA) is 24.4 Å². The number of rotatable bonds is 1. The molecule has 1 aromatic carbocycles. The third-order valence-electron chi connectivity index (χ3n) is 2.69. The third kappa shape index (κ3) is 2.63. The van der Waals surface area contributed by atoms with Gasteiger partial charge in [-0.25, -0.2) is 9.38 Å². The molecule has 0 radical (unpaired) electrons. The lowest BCUT2D eigenvalue weighted by molar-refractivity contribution is 0.623. The average molecular weight is 252 g/mol. The highest BCUT2D eigenvalue weighted by atomic mass is 32.2. The fraction of sp³-hybridized carbons (Fsp3) is 0.462. The molecule has 0 bridgehead atoms. The lowest BCUT2D eigenvalue weighted by Crippen LogP contribution is -2.20. The summed E-state index contributed by atoms with van der Waals surface area (Å²) in [6, 6.07) is 3.08. The van der Waals surface area contributed by atoms with Gasteiger partial charge in [0.1, 0.15) is 11.7 Å². The summed E-state index contributed by atoms with van der Waals surface area (Å²) in [7, 11) is 0. The first kappa shape index (κ1) is 12.4. The molecule has 1 aliphatic heterocycles. The minimum absolute atomic E-state index is 0.189. The zero-order valence-corrected chi connectivity index (χ0v) is 11.2. The van der Waals surface area contributed by atoms with E-state index in [0.717, 1.165) is 22.0 Å². The highest BCUT2D eigenvalue weighted by Crippen LogP contribution is 2.40. The predicted octanol–water partition coefficient (Wildman–Crippen LogP) is 4.21. The van der Waals surface area contributed by atoms with Crippen molar-refractivity contribution in [2.24, 2.45) is 10.9 Å². The molecule has 1 aliphatic carbocycles. The minimum Gasteiger partial charge on any atom is -0.313 e. The predicted molar refractivity (Wildman–Crippen MR) is 71.3 cm³/mol. The molecule has 0 aromatic heterocycles. The largest absolute Gasteiger partial charge is 0.313 e. The van der Waals surface area contributed by atoms with Crippen molar-refractivity contribution < 1.29 is 4.39 Å². The van der Waals surface area contributed by atoms with Crippen LogP contribution in [0.5, 0.6) is 0 Å². The average Bonchev–Trinajstić information content (AvgIpc) is 3.15. The van der Waals surface area contributed by atoms with E-state index in [1.165, 1.54) is 30.9 Å². The zero-order chi connectivity index (χ0) is 12.4. The fourth-order valence-electron chi connectivity index (χ4n) is 1.71. The van der Waals surface area contributed by atoms with Crippen LogP contribution in [0.25, 0.3) is 0 Å². The second kappa shape index (κ2) is 5.08. The second-order valence-corrected chi connectivity index (χ2v) is 4.89. The smallest absolute Gasteiger partial charge is 0.124 e. The molecule has 3 rings (SSSR count). The Morgan fingerprint density at radius 2 is 2.06 bits per heavy atom. The van der Waals surface area contributed by atoms with Gasteiger partial charge >= 0.3 is 0 Å². The van der Waals surface area contributed by atoms with Crippen LogP contribution in [0.2, 0.25) is 0 Å². The van der Waals surface area contributed by atoms with Crippen LogP contribution in [-0.2, 0) is 0 Å². The number of nitrogens with one attached hydrogen (secondary N) is 1. The van der Waals surface area contributed by atoms with Crippen molar-refractivity contribution in [3.63, 3.8) is 0 Å². The number of amidine groups is 1. The quantitative estimate of drug-likeness (QED) is 0.757. The zero-order valence-electron chi connectivity index (χ0n) is 10.4. The summed E-state index contributed by atoms with van der Waals surface area (Å²) in [6.07, 6.45) is 2.45. The van der Waals surface area contributed by atoms with Gasteiger partial charge in [-0.3, -0.25) is 0 Å². The van der Waals surface area contributed by atoms with Crippen LogP contribution >= 0.6 is 11.9 Å². The van der Waals surface area contributed by atoms with Crippen molar-refractivity contribution in [1.29, 1.82) is 0 Å². The number of aliphatic imine (C=N–C) groups is 1. The number of aryl methyl sites for hydroxylation is 1. The molecule has 1 heterocycles. The summed E-state index contributed by atoms with van der Waals surface area (Å²) in [6.45, 7) is 5.90. The minimum atomic E-state index is -0.189. The van der Waals surface area contributed by atoms with E-state index in [1.54, 1.807) is 6.07 Å². The number of hydrogen-bond acceptors (Lipinski definition) is 3. The Balaban J connectivity index is 0.000000514. The number of fused-ring (bicyclic) bond motifs is 1. The van der Waals surface area contributed by atoms with Gasteiger partial charge in [0.25, 0.3) is 0 Å². The van der Waals surface area contributed by atoms with E-state index in [1.807, 2.05) is 20.8 Å². The molecular weight excluding hydrogens is 235 g/mol. The normalized spacial score (nSPS) is 17.3. The van der Waals surface area contributed by atoms with E-state index in [2.05, 4.69) is 9.71 Å². The van der Waals surface area contributed by atoms with Crippen LogP contribution in [0.4, 0.5) is 10.1 Å². The molecule has 1 fully saturated rings. The number of halogens is 1. The van der Waals surface area contributed by atoms with Crippen molar-refractivity contribution in [2.75, 3.05) is 0 Å². The fourth-order valence-corrected chi connectivity index (χ4v) is 2.61. The standard InChI is InChI=1S/C11H11FN2S.C2H6/c1-6-4-8(12)5-9-10(6)13-11(14-15-9)7-2-3-7;1-2/h4-5,7H,2-3H2,1H3,(H,13,14);1-2H3. The first-order chi connectivity index (χ1) is 8.24. The van der Waals surface area contributed by atoms with E-state index in [9.17, 15) is 4.39 Å². The lowest BCUT2D eigenvalue weighted by Gasteiger charge is -2.17. The summed E-state index contributed by atoms with van der Waals surface area (Å²) < 4.78 is 16.3. The molecule has 92 valence electrons. The Kier molecular flexibility index (Phi) is 3.72. The van der Waals surface area contributed by atoms with Gasteiger partial charge in [-0.15, -0.1) is 0 Å². The van der Waals surface area contributed by atoms with E-state index >= 15 is 0 Å². The maximum atomic E-state index is 13.1. The molecule has 0 spiro atoms. The van der Waals surface area contributed by atoms with Crippen LogP contribution in [0, 0.1) is 18.7 Å². The summed E-state index contributed by atoms with van der Waals surface area (Å²) >= 11 is 1.47. The molecule has 17 heavy (non-hydrogen) atoms. The Bertz CT molecular complexity index is 453. The molecule has 1 N–H and O–H groups in total. The Morgan fingerprint density at radius 3 is 2.71 bits per heavy atom. The molecule has 0 saturated heterocycles. The van der Waals surface area contributed by atoms with Crippen LogP contribution in [0.1, 0.15) is 32.3 Å². The molecule has 2 nitrogen and oxygen atoms in total. The summed E-state index contributed by atoms with van der Waals surface area (Å²) in [5, 5.41) is 0. The summed E-state index contributed by atoms with van der Waals surface area (Å²) in [5.41, 5.74) is 1.85. The number of benzene rings is 1. The van der Waals surface area contributed by atoms with Crippen LogP contribution in [0.15, 0.2) is 22.0 Å². The first-order valence-electron chi connectivity index (χ1n) is 6.05.